The molecule has 2 aromatic rings. The second kappa shape index (κ2) is 7.96. The standard InChI is InChI=1S/C19H26N2/c1-2-17(18-9-5-3-7-15(18)11-13-20)19-10-6-4-8-16(19)12-14-21/h3-10,17H,2,11-14,20-21H2,1H3. The maximum absolute atomic E-state index is 5.77. The van der Waals surface area contributed by atoms with Crippen molar-refractivity contribution >= 4 is 0 Å². The average molecular weight is 282 g/mol. The van der Waals surface area contributed by atoms with Crippen molar-refractivity contribution in [1.29, 1.82) is 0 Å². The lowest BCUT2D eigenvalue weighted by Crippen LogP contribution is -2.12. The molecule has 112 valence electrons. The van der Waals surface area contributed by atoms with E-state index in [0.717, 1.165) is 19.3 Å². The van der Waals surface area contributed by atoms with E-state index in [0.29, 0.717) is 19.0 Å². The first-order valence-corrected chi connectivity index (χ1v) is 7.87. The molecule has 0 unspecified atom stereocenters. The summed E-state index contributed by atoms with van der Waals surface area (Å²) in [5.74, 6) is 0.426. The number of hydrogen-bond acceptors (Lipinski definition) is 2. The minimum Gasteiger partial charge on any atom is -0.330 e. The molecule has 0 aliphatic rings. The highest BCUT2D eigenvalue weighted by Gasteiger charge is 2.17. The summed E-state index contributed by atoms with van der Waals surface area (Å²) in [4.78, 5) is 0. The SMILES string of the molecule is CCC(c1ccccc1CCN)c1ccccc1CCN. The van der Waals surface area contributed by atoms with Crippen molar-refractivity contribution in [1.82, 2.24) is 0 Å². The van der Waals surface area contributed by atoms with Crippen molar-refractivity contribution in [2.75, 3.05) is 13.1 Å². The minimum atomic E-state index is 0.426. The van der Waals surface area contributed by atoms with Gasteiger partial charge in [-0.3, -0.25) is 0 Å². The van der Waals surface area contributed by atoms with Gasteiger partial charge in [0.2, 0.25) is 0 Å². The van der Waals surface area contributed by atoms with Crippen LogP contribution in [0.4, 0.5) is 0 Å². The van der Waals surface area contributed by atoms with Gasteiger partial charge in [0.25, 0.3) is 0 Å². The molecule has 0 bridgehead atoms. The van der Waals surface area contributed by atoms with E-state index in [2.05, 4.69) is 55.5 Å². The van der Waals surface area contributed by atoms with Crippen molar-refractivity contribution in [2.45, 2.75) is 32.1 Å². The molecule has 2 heteroatoms. The summed E-state index contributed by atoms with van der Waals surface area (Å²) in [6.45, 7) is 3.64. The van der Waals surface area contributed by atoms with E-state index in [-0.39, 0.29) is 0 Å². The number of hydrogen-bond donors (Lipinski definition) is 2. The molecule has 0 heterocycles. The second-order valence-corrected chi connectivity index (χ2v) is 5.44. The summed E-state index contributed by atoms with van der Waals surface area (Å²) in [7, 11) is 0. The van der Waals surface area contributed by atoms with Gasteiger partial charge in [0.15, 0.2) is 0 Å². The fourth-order valence-electron chi connectivity index (χ4n) is 3.12. The molecule has 0 aliphatic carbocycles. The topological polar surface area (TPSA) is 52.0 Å². The Morgan fingerprint density at radius 2 is 1.19 bits per heavy atom. The van der Waals surface area contributed by atoms with Gasteiger partial charge in [0.1, 0.15) is 0 Å². The van der Waals surface area contributed by atoms with Gasteiger partial charge in [-0.15, -0.1) is 0 Å². The number of rotatable bonds is 7. The van der Waals surface area contributed by atoms with Crippen LogP contribution in [0, 0.1) is 0 Å². The molecule has 0 amide bonds. The van der Waals surface area contributed by atoms with Crippen LogP contribution >= 0.6 is 0 Å². The molecule has 21 heavy (non-hydrogen) atoms. The first-order valence-electron chi connectivity index (χ1n) is 7.87. The third-order valence-corrected chi connectivity index (χ3v) is 4.10. The van der Waals surface area contributed by atoms with Crippen LogP contribution < -0.4 is 11.5 Å². The van der Waals surface area contributed by atoms with Crippen LogP contribution in [-0.4, -0.2) is 13.1 Å². The van der Waals surface area contributed by atoms with Crippen LogP contribution in [0.3, 0.4) is 0 Å². The summed E-state index contributed by atoms with van der Waals surface area (Å²) in [6.07, 6.45) is 2.96. The summed E-state index contributed by atoms with van der Waals surface area (Å²) in [5.41, 5.74) is 17.1. The Kier molecular flexibility index (Phi) is 5.97. The van der Waals surface area contributed by atoms with E-state index >= 15 is 0 Å². The maximum Gasteiger partial charge on any atom is 0.00921 e. The molecular weight excluding hydrogens is 256 g/mol. The predicted octanol–water partition coefficient (Wildman–Crippen LogP) is 3.23. The van der Waals surface area contributed by atoms with Crippen LogP contribution in [0.25, 0.3) is 0 Å². The zero-order valence-electron chi connectivity index (χ0n) is 12.9. The Morgan fingerprint density at radius 1 is 0.762 bits per heavy atom. The lowest BCUT2D eigenvalue weighted by molar-refractivity contribution is 0.747. The van der Waals surface area contributed by atoms with Crippen molar-refractivity contribution in [3.8, 4) is 0 Å². The van der Waals surface area contributed by atoms with Gasteiger partial charge in [-0.1, -0.05) is 55.5 Å². The Morgan fingerprint density at radius 3 is 1.57 bits per heavy atom. The zero-order chi connectivity index (χ0) is 15.1. The van der Waals surface area contributed by atoms with E-state index < -0.39 is 0 Å². The van der Waals surface area contributed by atoms with Gasteiger partial charge < -0.3 is 11.5 Å². The van der Waals surface area contributed by atoms with Crippen molar-refractivity contribution in [3.63, 3.8) is 0 Å². The van der Waals surface area contributed by atoms with Gasteiger partial charge >= 0.3 is 0 Å². The highest BCUT2D eigenvalue weighted by molar-refractivity contribution is 5.41. The Balaban J connectivity index is 2.45. The third-order valence-electron chi connectivity index (χ3n) is 4.10. The largest absolute Gasteiger partial charge is 0.330 e. The molecule has 2 nitrogen and oxygen atoms in total. The highest BCUT2D eigenvalue weighted by Crippen LogP contribution is 2.32. The smallest absolute Gasteiger partial charge is 0.00921 e. The monoisotopic (exact) mass is 282 g/mol. The van der Waals surface area contributed by atoms with Crippen LogP contribution in [-0.2, 0) is 12.8 Å². The van der Waals surface area contributed by atoms with Gasteiger partial charge in [-0.25, -0.2) is 0 Å². The van der Waals surface area contributed by atoms with E-state index in [1.54, 1.807) is 0 Å². The van der Waals surface area contributed by atoms with E-state index in [4.69, 9.17) is 11.5 Å². The van der Waals surface area contributed by atoms with Crippen LogP contribution in [0.1, 0.15) is 41.5 Å². The van der Waals surface area contributed by atoms with Crippen molar-refractivity contribution in [3.05, 3.63) is 70.8 Å². The van der Waals surface area contributed by atoms with E-state index in [1.807, 2.05) is 0 Å². The predicted molar refractivity (Wildman–Crippen MR) is 90.5 cm³/mol. The quantitative estimate of drug-likeness (QED) is 0.819. The van der Waals surface area contributed by atoms with Gasteiger partial charge in [0.05, 0.1) is 0 Å². The van der Waals surface area contributed by atoms with Crippen LogP contribution in [0.5, 0.6) is 0 Å². The second-order valence-electron chi connectivity index (χ2n) is 5.44. The molecule has 0 aliphatic heterocycles. The molecule has 0 aromatic heterocycles. The summed E-state index contributed by atoms with van der Waals surface area (Å²) < 4.78 is 0. The maximum atomic E-state index is 5.77. The highest BCUT2D eigenvalue weighted by atomic mass is 14.5. The molecule has 2 aromatic carbocycles. The summed E-state index contributed by atoms with van der Waals surface area (Å²) in [6, 6.07) is 17.4. The first-order chi connectivity index (χ1) is 10.3. The number of nitrogens with two attached hydrogens (primary N) is 2. The molecule has 0 saturated carbocycles. The third kappa shape index (κ3) is 3.72. The molecular formula is C19H26N2. The first kappa shape index (κ1) is 15.7. The summed E-state index contributed by atoms with van der Waals surface area (Å²) in [5, 5.41) is 0. The van der Waals surface area contributed by atoms with E-state index in [9.17, 15) is 0 Å². The average Bonchev–Trinajstić information content (AvgIpc) is 2.52. The van der Waals surface area contributed by atoms with Crippen LogP contribution in [0.2, 0.25) is 0 Å². The molecule has 0 fully saturated rings. The lowest BCUT2D eigenvalue weighted by Gasteiger charge is -2.22. The van der Waals surface area contributed by atoms with Gasteiger partial charge in [-0.05, 0) is 54.6 Å². The van der Waals surface area contributed by atoms with E-state index in [1.165, 1.54) is 22.3 Å². The summed E-state index contributed by atoms with van der Waals surface area (Å²) >= 11 is 0. The van der Waals surface area contributed by atoms with Gasteiger partial charge in [0, 0.05) is 5.92 Å². The van der Waals surface area contributed by atoms with Gasteiger partial charge in [-0.2, -0.15) is 0 Å². The van der Waals surface area contributed by atoms with Crippen LogP contribution in [0.15, 0.2) is 48.5 Å². The minimum absolute atomic E-state index is 0.426. The Bertz CT molecular complexity index is 513. The molecule has 0 radical (unpaired) electrons. The van der Waals surface area contributed by atoms with Crippen molar-refractivity contribution < 1.29 is 0 Å². The normalized spacial score (nSPS) is 11.0. The molecule has 0 saturated heterocycles. The zero-order valence-corrected chi connectivity index (χ0v) is 12.9. The Hall–Kier alpha value is -1.64. The van der Waals surface area contributed by atoms with Crippen molar-refractivity contribution in [2.24, 2.45) is 11.5 Å². The molecule has 4 N–H and O–H groups in total. The lowest BCUT2D eigenvalue weighted by atomic mass is 9.82. The molecule has 2 rings (SSSR count). The Labute approximate surface area is 128 Å². The molecule has 0 atom stereocenters. The fourth-order valence-corrected chi connectivity index (χ4v) is 3.12. The molecule has 0 spiro atoms. The number of benzene rings is 2. The fraction of sp³-hybridized carbons (Fsp3) is 0.368.